The maximum absolute atomic E-state index is 11.0. The Morgan fingerprint density at radius 3 is 2.64 bits per heavy atom. The van der Waals surface area contributed by atoms with Crippen LogP contribution < -0.4 is 5.32 Å². The summed E-state index contributed by atoms with van der Waals surface area (Å²) in [6.07, 6.45) is 0.725. The molecule has 4 heteroatoms. The molecule has 0 saturated carbocycles. The molecule has 0 aromatic carbocycles. The lowest BCUT2D eigenvalue weighted by Crippen LogP contribution is -2.34. The van der Waals surface area contributed by atoms with Crippen LogP contribution in [0.2, 0.25) is 0 Å². The van der Waals surface area contributed by atoms with Gasteiger partial charge in [-0.2, -0.15) is 0 Å². The van der Waals surface area contributed by atoms with Crippen molar-refractivity contribution in [2.75, 3.05) is 26.3 Å². The third kappa shape index (κ3) is 6.86. The van der Waals surface area contributed by atoms with E-state index < -0.39 is 0 Å². The molecule has 0 amide bonds. The first-order valence-corrected chi connectivity index (χ1v) is 4.99. The first-order valence-electron chi connectivity index (χ1n) is 4.99. The minimum Gasteiger partial charge on any atom is -0.465 e. The van der Waals surface area contributed by atoms with Crippen molar-refractivity contribution in [3.63, 3.8) is 0 Å². The largest absolute Gasteiger partial charge is 0.465 e. The number of hydrogen-bond acceptors (Lipinski definition) is 4. The smallest absolute Gasteiger partial charge is 0.319 e. The lowest BCUT2D eigenvalue weighted by atomic mass is 9.90. The minimum absolute atomic E-state index is 0.0151. The van der Waals surface area contributed by atoms with Gasteiger partial charge in [0, 0.05) is 13.2 Å². The highest BCUT2D eigenvalue weighted by atomic mass is 16.5. The number of aliphatic hydroxyl groups is 1. The Kier molecular flexibility index (Phi) is 6.49. The molecule has 0 rings (SSSR count). The fourth-order valence-electron chi connectivity index (χ4n) is 1.11. The summed E-state index contributed by atoms with van der Waals surface area (Å²) in [5.74, 6) is -0.229. The molecule has 2 N–H and O–H groups in total. The van der Waals surface area contributed by atoms with Crippen LogP contribution in [0.3, 0.4) is 0 Å². The van der Waals surface area contributed by atoms with E-state index in [2.05, 4.69) is 5.32 Å². The summed E-state index contributed by atoms with van der Waals surface area (Å²) in [6, 6.07) is 0. The Morgan fingerprint density at radius 2 is 2.14 bits per heavy atom. The van der Waals surface area contributed by atoms with E-state index in [1.807, 2.05) is 13.8 Å². The number of carbonyl (C=O) groups is 1. The Hall–Kier alpha value is -0.610. The molecule has 0 unspecified atom stereocenters. The summed E-state index contributed by atoms with van der Waals surface area (Å²) < 4.78 is 4.77. The molecule has 0 aromatic rings. The molecule has 0 heterocycles. The summed E-state index contributed by atoms with van der Waals surface area (Å²) in [4.78, 5) is 11.0. The van der Waals surface area contributed by atoms with Crippen molar-refractivity contribution >= 4 is 5.97 Å². The number of hydrogen-bond donors (Lipinski definition) is 2. The molecule has 0 fully saturated rings. The number of ether oxygens (including phenoxy) is 1. The zero-order valence-corrected chi connectivity index (χ0v) is 9.30. The maximum Gasteiger partial charge on any atom is 0.319 e. The highest BCUT2D eigenvalue weighted by Crippen LogP contribution is 2.17. The second-order valence-electron chi connectivity index (χ2n) is 4.05. The van der Waals surface area contributed by atoms with Gasteiger partial charge in [0.1, 0.15) is 0 Å². The first kappa shape index (κ1) is 13.4. The van der Waals surface area contributed by atoms with Crippen LogP contribution >= 0.6 is 0 Å². The van der Waals surface area contributed by atoms with Gasteiger partial charge in [0.15, 0.2) is 0 Å². The highest BCUT2D eigenvalue weighted by Gasteiger charge is 2.16. The van der Waals surface area contributed by atoms with Crippen LogP contribution in [0.4, 0.5) is 0 Å². The predicted molar refractivity (Wildman–Crippen MR) is 55.0 cm³/mol. The Balaban J connectivity index is 3.57. The fourth-order valence-corrected chi connectivity index (χ4v) is 1.11. The number of carbonyl (C=O) groups excluding carboxylic acids is 1. The van der Waals surface area contributed by atoms with Crippen LogP contribution in [0.1, 0.15) is 27.2 Å². The predicted octanol–water partition coefficient (Wildman–Crippen LogP) is 0.548. The van der Waals surface area contributed by atoms with Crippen LogP contribution in [0.5, 0.6) is 0 Å². The van der Waals surface area contributed by atoms with Crippen molar-refractivity contribution in [2.24, 2.45) is 5.41 Å². The number of esters is 1. The molecule has 0 aliphatic rings. The standard InChI is InChI=1S/C10H21NO3/c1-4-14-9(13)7-11-8-10(2,3)5-6-12/h11-12H,4-8H2,1-3H3. The third-order valence-corrected chi connectivity index (χ3v) is 1.97. The number of aliphatic hydroxyl groups excluding tert-OH is 1. The van der Waals surface area contributed by atoms with Gasteiger partial charge in [0.25, 0.3) is 0 Å². The molecule has 0 atom stereocenters. The Bertz CT molecular complexity index is 169. The molecule has 0 aliphatic carbocycles. The van der Waals surface area contributed by atoms with Gasteiger partial charge in [-0.05, 0) is 18.8 Å². The van der Waals surface area contributed by atoms with Crippen molar-refractivity contribution in [3.8, 4) is 0 Å². The summed E-state index contributed by atoms with van der Waals surface area (Å²) in [7, 11) is 0. The van der Waals surface area contributed by atoms with Gasteiger partial charge < -0.3 is 15.2 Å². The molecule has 14 heavy (non-hydrogen) atoms. The minimum atomic E-state index is -0.229. The lowest BCUT2D eigenvalue weighted by molar-refractivity contribution is -0.142. The van der Waals surface area contributed by atoms with Crippen LogP contribution in [0.25, 0.3) is 0 Å². The van der Waals surface area contributed by atoms with Crippen molar-refractivity contribution in [2.45, 2.75) is 27.2 Å². The molecule has 0 spiro atoms. The van der Waals surface area contributed by atoms with Gasteiger partial charge in [-0.15, -0.1) is 0 Å². The zero-order chi connectivity index (χ0) is 11.0. The summed E-state index contributed by atoms with van der Waals surface area (Å²) >= 11 is 0. The number of rotatable bonds is 7. The van der Waals surface area contributed by atoms with Crippen LogP contribution in [-0.4, -0.2) is 37.4 Å². The van der Waals surface area contributed by atoms with Crippen molar-refractivity contribution in [1.82, 2.24) is 5.32 Å². The van der Waals surface area contributed by atoms with Crippen molar-refractivity contribution in [3.05, 3.63) is 0 Å². The third-order valence-electron chi connectivity index (χ3n) is 1.97. The van der Waals surface area contributed by atoms with E-state index in [-0.39, 0.29) is 24.5 Å². The zero-order valence-electron chi connectivity index (χ0n) is 9.30. The van der Waals surface area contributed by atoms with Crippen LogP contribution in [-0.2, 0) is 9.53 Å². The molecule has 84 valence electrons. The second-order valence-corrected chi connectivity index (χ2v) is 4.05. The fraction of sp³-hybridized carbons (Fsp3) is 0.900. The first-order chi connectivity index (χ1) is 6.52. The molecule has 0 radical (unpaired) electrons. The van der Waals surface area contributed by atoms with E-state index >= 15 is 0 Å². The Morgan fingerprint density at radius 1 is 1.50 bits per heavy atom. The number of nitrogens with one attached hydrogen (secondary N) is 1. The lowest BCUT2D eigenvalue weighted by Gasteiger charge is -2.23. The maximum atomic E-state index is 11.0. The SMILES string of the molecule is CCOC(=O)CNCC(C)(C)CCO. The molecule has 0 aliphatic heterocycles. The second kappa shape index (κ2) is 6.79. The van der Waals surface area contributed by atoms with E-state index in [1.165, 1.54) is 0 Å². The normalized spacial score (nSPS) is 11.4. The van der Waals surface area contributed by atoms with E-state index in [0.29, 0.717) is 13.2 Å². The van der Waals surface area contributed by atoms with E-state index in [9.17, 15) is 4.79 Å². The van der Waals surface area contributed by atoms with Gasteiger partial charge in [-0.1, -0.05) is 13.8 Å². The van der Waals surface area contributed by atoms with Crippen molar-refractivity contribution in [1.29, 1.82) is 0 Å². The quantitative estimate of drug-likeness (QED) is 0.593. The highest BCUT2D eigenvalue weighted by molar-refractivity contribution is 5.71. The molecular weight excluding hydrogens is 182 g/mol. The van der Waals surface area contributed by atoms with Crippen LogP contribution in [0, 0.1) is 5.41 Å². The van der Waals surface area contributed by atoms with E-state index in [1.54, 1.807) is 6.92 Å². The van der Waals surface area contributed by atoms with Gasteiger partial charge in [0.05, 0.1) is 13.2 Å². The van der Waals surface area contributed by atoms with Crippen LogP contribution in [0.15, 0.2) is 0 Å². The van der Waals surface area contributed by atoms with E-state index in [4.69, 9.17) is 9.84 Å². The molecular formula is C10H21NO3. The summed E-state index contributed by atoms with van der Waals surface area (Å²) in [6.45, 7) is 7.40. The van der Waals surface area contributed by atoms with E-state index in [0.717, 1.165) is 6.42 Å². The molecule has 0 bridgehead atoms. The summed E-state index contributed by atoms with van der Waals surface area (Å²) in [5.41, 5.74) is 0.0151. The molecule has 0 saturated heterocycles. The Labute approximate surface area is 85.6 Å². The topological polar surface area (TPSA) is 58.6 Å². The summed E-state index contributed by atoms with van der Waals surface area (Å²) in [5, 5.41) is 11.8. The molecule has 0 aromatic heterocycles. The van der Waals surface area contributed by atoms with Gasteiger partial charge in [-0.25, -0.2) is 0 Å². The van der Waals surface area contributed by atoms with Crippen molar-refractivity contribution < 1.29 is 14.6 Å². The van der Waals surface area contributed by atoms with Gasteiger partial charge >= 0.3 is 5.97 Å². The van der Waals surface area contributed by atoms with Gasteiger partial charge in [-0.3, -0.25) is 4.79 Å². The monoisotopic (exact) mass is 203 g/mol. The molecule has 4 nitrogen and oxygen atoms in total. The average molecular weight is 203 g/mol. The average Bonchev–Trinajstić information content (AvgIpc) is 2.03. The van der Waals surface area contributed by atoms with Gasteiger partial charge in [0.2, 0.25) is 0 Å².